The Morgan fingerprint density at radius 2 is 1.06 bits per heavy atom. The molecule has 0 aromatic heterocycles. The van der Waals surface area contributed by atoms with Gasteiger partial charge in [-0.3, -0.25) is 0 Å². The fourth-order valence-electron chi connectivity index (χ4n) is 1.11. The van der Waals surface area contributed by atoms with E-state index in [4.69, 9.17) is 0 Å². The van der Waals surface area contributed by atoms with Gasteiger partial charge in [0.1, 0.15) is 0 Å². The maximum Gasteiger partial charge on any atom is 2.00 e. The zero-order valence-electron chi connectivity index (χ0n) is 12.3. The van der Waals surface area contributed by atoms with E-state index in [1.165, 1.54) is 32.1 Å². The normalized spacial score (nSPS) is 20.8. The third kappa shape index (κ3) is 23.1. The summed E-state index contributed by atoms with van der Waals surface area (Å²) in [5.41, 5.74) is 0. The Morgan fingerprint density at radius 1 is 0.824 bits per heavy atom. The molecule has 0 spiro atoms. The van der Waals surface area contributed by atoms with Gasteiger partial charge in [-0.05, 0) is 0 Å². The van der Waals surface area contributed by atoms with E-state index in [0.29, 0.717) is 11.8 Å². The Morgan fingerprint density at radius 3 is 1.12 bits per heavy atom. The van der Waals surface area contributed by atoms with Gasteiger partial charge in [0.15, 0.2) is 0 Å². The third-order valence-corrected chi connectivity index (χ3v) is 2.52. The quantitative estimate of drug-likeness (QED) is 0.504. The van der Waals surface area contributed by atoms with Crippen molar-refractivity contribution in [3.8, 4) is 0 Å². The molecular weight excluding hydrogens is 229 g/mol. The van der Waals surface area contributed by atoms with Crippen molar-refractivity contribution in [3.05, 3.63) is 27.7 Å². The first-order valence-corrected chi connectivity index (χ1v) is 6.38. The van der Waals surface area contributed by atoms with Crippen molar-refractivity contribution >= 4 is 46.1 Å². The van der Waals surface area contributed by atoms with Crippen LogP contribution in [0.2, 0.25) is 0 Å². The minimum atomic E-state index is 0. The predicted molar refractivity (Wildman–Crippen MR) is 83.6 cm³/mol. The van der Waals surface area contributed by atoms with Crippen LogP contribution in [-0.4, -0.2) is 46.1 Å². The Kier molecular flexibility index (Phi) is 36.0. The van der Waals surface area contributed by atoms with Gasteiger partial charge in [-0.25, -0.2) is 0 Å². The van der Waals surface area contributed by atoms with E-state index in [2.05, 4.69) is 41.5 Å². The second-order valence-electron chi connectivity index (χ2n) is 4.16. The van der Waals surface area contributed by atoms with Crippen molar-refractivity contribution in [2.24, 2.45) is 11.8 Å². The van der Waals surface area contributed by atoms with E-state index in [9.17, 15) is 0 Å². The first-order chi connectivity index (χ1) is 7.13. The van der Waals surface area contributed by atoms with Gasteiger partial charge in [-0.1, -0.05) is 46.0 Å². The summed E-state index contributed by atoms with van der Waals surface area (Å²) in [7, 11) is 0. The molecule has 0 nitrogen and oxygen atoms in total. The standard InChI is InChI=1S/C7H12.2C4H9.2Mg/c1-6-4-3-5-7(6)2;2*1-3-4-2;;/h6-7H,1-5H2;2*1,3-4H2,2H3;;/q-2;2*-1;2*+2. The van der Waals surface area contributed by atoms with E-state index in [1.807, 2.05) is 0 Å². The molecule has 2 unspecified atom stereocenters. The van der Waals surface area contributed by atoms with Crippen LogP contribution in [0.4, 0.5) is 0 Å². The molecule has 1 aliphatic rings. The summed E-state index contributed by atoms with van der Waals surface area (Å²) in [6, 6.07) is 0. The third-order valence-electron chi connectivity index (χ3n) is 2.52. The zero-order chi connectivity index (χ0) is 12.1. The zero-order valence-corrected chi connectivity index (χ0v) is 15.2. The van der Waals surface area contributed by atoms with Gasteiger partial charge in [0.25, 0.3) is 0 Å². The molecule has 94 valence electrons. The topological polar surface area (TPSA) is 0 Å². The van der Waals surface area contributed by atoms with Crippen molar-refractivity contribution in [1.29, 1.82) is 0 Å². The van der Waals surface area contributed by atoms with E-state index < -0.39 is 0 Å². The van der Waals surface area contributed by atoms with Crippen LogP contribution in [0, 0.1) is 39.5 Å². The van der Waals surface area contributed by atoms with Gasteiger partial charge >= 0.3 is 46.1 Å². The summed E-state index contributed by atoms with van der Waals surface area (Å²) in [6.07, 6.45) is 8.50. The molecule has 17 heavy (non-hydrogen) atoms. The number of rotatable bonds is 2. The maximum atomic E-state index is 3.96. The minimum absolute atomic E-state index is 0. The van der Waals surface area contributed by atoms with Gasteiger partial charge in [-0.15, -0.1) is 0 Å². The van der Waals surface area contributed by atoms with Crippen molar-refractivity contribution in [2.45, 2.75) is 58.8 Å². The average molecular weight is 259 g/mol. The second kappa shape index (κ2) is 22.7. The molecule has 0 N–H and O–H groups in total. The van der Waals surface area contributed by atoms with Crippen LogP contribution in [0.5, 0.6) is 0 Å². The maximum absolute atomic E-state index is 3.96. The van der Waals surface area contributed by atoms with Gasteiger partial charge in [0.2, 0.25) is 0 Å². The molecule has 1 aliphatic carbocycles. The van der Waals surface area contributed by atoms with Crippen LogP contribution in [-0.2, 0) is 0 Å². The van der Waals surface area contributed by atoms with Crippen molar-refractivity contribution in [1.82, 2.24) is 0 Å². The van der Waals surface area contributed by atoms with Crippen LogP contribution in [0.25, 0.3) is 0 Å². The van der Waals surface area contributed by atoms with Crippen molar-refractivity contribution < 1.29 is 0 Å². The first-order valence-electron chi connectivity index (χ1n) is 6.38. The van der Waals surface area contributed by atoms with Crippen LogP contribution in [0.3, 0.4) is 0 Å². The number of hydrogen-bond acceptors (Lipinski definition) is 0. The molecule has 0 radical (unpaired) electrons. The van der Waals surface area contributed by atoms with Gasteiger partial charge in [0, 0.05) is 0 Å². The molecule has 2 atom stereocenters. The molecule has 0 aliphatic heterocycles. The van der Waals surface area contributed by atoms with Crippen LogP contribution < -0.4 is 0 Å². The molecule has 0 saturated heterocycles. The molecule has 0 amide bonds. The minimum Gasteiger partial charge on any atom is -0.343 e. The summed E-state index contributed by atoms with van der Waals surface area (Å²) in [5, 5.41) is 0. The molecule has 1 fully saturated rings. The van der Waals surface area contributed by atoms with Gasteiger partial charge < -0.3 is 27.7 Å². The molecule has 0 heterocycles. The van der Waals surface area contributed by atoms with E-state index >= 15 is 0 Å². The summed E-state index contributed by atoms with van der Waals surface area (Å²) in [5.74, 6) is 1.31. The Balaban J connectivity index is -0.0000000755. The summed E-state index contributed by atoms with van der Waals surface area (Å²) in [4.78, 5) is 0. The van der Waals surface area contributed by atoms with Gasteiger partial charge in [-0.2, -0.15) is 24.7 Å². The van der Waals surface area contributed by atoms with Crippen LogP contribution >= 0.6 is 0 Å². The predicted octanol–water partition coefficient (Wildman–Crippen LogP) is 4.55. The van der Waals surface area contributed by atoms with Crippen LogP contribution in [0.1, 0.15) is 58.8 Å². The second-order valence-corrected chi connectivity index (χ2v) is 4.16. The first kappa shape index (κ1) is 27.0. The van der Waals surface area contributed by atoms with Crippen molar-refractivity contribution in [3.63, 3.8) is 0 Å². The Hall–Kier alpha value is 1.53. The molecule has 0 aromatic rings. The Bertz CT molecular complexity index is 89.1. The fraction of sp³-hybridized carbons (Fsp3) is 0.733. The molecule has 1 saturated carbocycles. The summed E-state index contributed by atoms with van der Waals surface area (Å²) >= 11 is 0. The Labute approximate surface area is 143 Å². The number of unbranched alkanes of at least 4 members (excludes halogenated alkanes) is 2. The molecule has 1 rings (SSSR count). The average Bonchev–Trinajstić information content (AvgIpc) is 2.64. The van der Waals surface area contributed by atoms with E-state index in [1.54, 1.807) is 0 Å². The molecule has 2 heteroatoms. The molecule has 0 bridgehead atoms. The fourth-order valence-corrected chi connectivity index (χ4v) is 1.11. The van der Waals surface area contributed by atoms with E-state index in [0.717, 1.165) is 12.8 Å². The monoisotopic (exact) mass is 258 g/mol. The molecular formula is C15H30Mg2. The van der Waals surface area contributed by atoms with E-state index in [-0.39, 0.29) is 46.1 Å². The molecule has 0 aromatic carbocycles. The largest absolute Gasteiger partial charge is 2.00 e. The van der Waals surface area contributed by atoms with Crippen molar-refractivity contribution in [2.75, 3.05) is 0 Å². The smallest absolute Gasteiger partial charge is 0.343 e. The SMILES string of the molecule is [CH2-]C1CCCC1[CH2-].[CH2-]CCC.[CH2-]CCC.[Mg+2].[Mg+2]. The van der Waals surface area contributed by atoms with Gasteiger partial charge in [0.05, 0.1) is 0 Å². The summed E-state index contributed by atoms with van der Waals surface area (Å²) in [6.45, 7) is 19.4. The number of hydrogen-bond donors (Lipinski definition) is 0. The van der Waals surface area contributed by atoms with Crippen LogP contribution in [0.15, 0.2) is 0 Å². The summed E-state index contributed by atoms with van der Waals surface area (Å²) < 4.78 is 0.